The van der Waals surface area contributed by atoms with Gasteiger partial charge in [-0.15, -0.1) is 0 Å². The van der Waals surface area contributed by atoms with Gasteiger partial charge in [0.15, 0.2) is 11.6 Å². The number of halogens is 1. The van der Waals surface area contributed by atoms with Crippen LogP contribution in [0, 0.1) is 5.82 Å². The molecular weight excluding hydrogens is 269 g/mol. The second kappa shape index (κ2) is 7.22. The average Bonchev–Trinajstić information content (AvgIpc) is 2.94. The van der Waals surface area contributed by atoms with Crippen LogP contribution in [0.2, 0.25) is 0 Å². The average molecular weight is 291 g/mol. The molecule has 21 heavy (non-hydrogen) atoms. The van der Waals surface area contributed by atoms with Crippen LogP contribution in [0.4, 0.5) is 4.39 Å². The molecule has 0 aliphatic carbocycles. The minimum absolute atomic E-state index is 0.0658. The van der Waals surface area contributed by atoms with E-state index in [9.17, 15) is 4.39 Å². The van der Waals surface area contributed by atoms with E-state index in [0.29, 0.717) is 13.0 Å². The molecular formula is C16H22FN3O. The lowest BCUT2D eigenvalue weighted by atomic mass is 10.0. The zero-order valence-electron chi connectivity index (χ0n) is 12.6. The summed E-state index contributed by atoms with van der Waals surface area (Å²) < 4.78 is 21.3. The highest BCUT2D eigenvalue weighted by molar-refractivity contribution is 5.30. The van der Waals surface area contributed by atoms with Gasteiger partial charge in [-0.25, -0.2) is 4.39 Å². The number of ether oxygens (including phenoxy) is 1. The molecule has 0 amide bonds. The number of nitrogens with zero attached hydrogens (tertiary/aromatic N) is 2. The molecule has 114 valence electrons. The third-order valence-electron chi connectivity index (χ3n) is 3.42. The normalized spacial score (nSPS) is 12.4. The molecule has 0 aliphatic heterocycles. The van der Waals surface area contributed by atoms with E-state index in [1.165, 1.54) is 6.07 Å². The van der Waals surface area contributed by atoms with Crippen LogP contribution < -0.4 is 10.5 Å². The van der Waals surface area contributed by atoms with Crippen molar-refractivity contribution in [2.24, 2.45) is 5.73 Å². The van der Waals surface area contributed by atoms with Crippen molar-refractivity contribution in [1.82, 2.24) is 9.78 Å². The Labute approximate surface area is 124 Å². The molecule has 2 aromatic rings. The van der Waals surface area contributed by atoms with Crippen molar-refractivity contribution in [3.8, 4) is 5.75 Å². The first-order valence-corrected chi connectivity index (χ1v) is 7.30. The number of aryl methyl sites for hydroxylation is 1. The minimum atomic E-state index is -0.348. The van der Waals surface area contributed by atoms with Crippen molar-refractivity contribution in [2.45, 2.75) is 45.9 Å². The first-order chi connectivity index (χ1) is 10.1. The van der Waals surface area contributed by atoms with Crippen molar-refractivity contribution in [3.63, 3.8) is 0 Å². The van der Waals surface area contributed by atoms with Gasteiger partial charge in [0.1, 0.15) is 6.61 Å². The fourth-order valence-electron chi connectivity index (χ4n) is 2.05. The van der Waals surface area contributed by atoms with E-state index in [1.54, 1.807) is 12.3 Å². The maximum atomic E-state index is 14.0. The number of rotatable bonds is 7. The molecule has 0 fully saturated rings. The maximum absolute atomic E-state index is 14.0. The zero-order chi connectivity index (χ0) is 15.2. The van der Waals surface area contributed by atoms with Crippen molar-refractivity contribution in [2.75, 3.05) is 0 Å². The monoisotopic (exact) mass is 291 g/mol. The Balaban J connectivity index is 1.97. The lowest BCUT2D eigenvalue weighted by Crippen LogP contribution is -2.21. The van der Waals surface area contributed by atoms with Crippen LogP contribution in [0.3, 0.4) is 0 Å². The molecule has 0 spiro atoms. The van der Waals surface area contributed by atoms with E-state index >= 15 is 0 Å². The quantitative estimate of drug-likeness (QED) is 0.853. The van der Waals surface area contributed by atoms with Gasteiger partial charge >= 0.3 is 0 Å². The number of benzene rings is 1. The molecule has 0 saturated carbocycles. The van der Waals surface area contributed by atoms with Crippen LogP contribution in [0.25, 0.3) is 0 Å². The highest BCUT2D eigenvalue weighted by Crippen LogP contribution is 2.20. The topological polar surface area (TPSA) is 53.1 Å². The number of aromatic nitrogens is 2. The number of hydrogen-bond donors (Lipinski definition) is 1. The molecule has 0 saturated heterocycles. The second-order valence-corrected chi connectivity index (χ2v) is 5.13. The Morgan fingerprint density at radius 3 is 2.76 bits per heavy atom. The number of hydrogen-bond acceptors (Lipinski definition) is 3. The highest BCUT2D eigenvalue weighted by Gasteiger charge is 2.08. The van der Waals surface area contributed by atoms with Gasteiger partial charge in [0.25, 0.3) is 0 Å². The van der Waals surface area contributed by atoms with E-state index in [0.717, 1.165) is 24.1 Å². The molecule has 5 heteroatoms. The van der Waals surface area contributed by atoms with E-state index in [4.69, 9.17) is 10.5 Å². The lowest BCUT2D eigenvalue weighted by Gasteiger charge is -2.11. The molecule has 1 atom stereocenters. The van der Waals surface area contributed by atoms with E-state index in [1.807, 2.05) is 30.8 Å². The lowest BCUT2D eigenvalue weighted by molar-refractivity contribution is 0.290. The summed E-state index contributed by atoms with van der Waals surface area (Å²) in [5.41, 5.74) is 7.70. The molecule has 1 unspecified atom stereocenters. The van der Waals surface area contributed by atoms with Crippen molar-refractivity contribution in [3.05, 3.63) is 47.5 Å². The molecule has 2 N–H and O–H groups in total. The van der Waals surface area contributed by atoms with Crippen LogP contribution in [-0.4, -0.2) is 15.8 Å². The Bertz CT molecular complexity index is 583. The predicted octanol–water partition coefficient (Wildman–Crippen LogP) is 2.90. The van der Waals surface area contributed by atoms with Gasteiger partial charge in [0.2, 0.25) is 0 Å². The summed E-state index contributed by atoms with van der Waals surface area (Å²) >= 11 is 0. The van der Waals surface area contributed by atoms with Gasteiger partial charge in [-0.2, -0.15) is 5.10 Å². The Morgan fingerprint density at radius 1 is 1.33 bits per heavy atom. The van der Waals surface area contributed by atoms with Crippen LogP contribution in [-0.2, 0) is 19.6 Å². The van der Waals surface area contributed by atoms with Crippen LogP contribution in [0.1, 0.15) is 31.4 Å². The molecule has 0 radical (unpaired) electrons. The maximum Gasteiger partial charge on any atom is 0.165 e. The molecule has 1 aromatic heterocycles. The SMILES string of the molecule is CCC(N)Cc1ccc(OCc2cnn(CC)c2)c(F)c1. The smallest absolute Gasteiger partial charge is 0.165 e. The van der Waals surface area contributed by atoms with Crippen molar-refractivity contribution >= 4 is 0 Å². The van der Waals surface area contributed by atoms with E-state index in [-0.39, 0.29) is 17.6 Å². The van der Waals surface area contributed by atoms with Gasteiger partial charge in [0.05, 0.1) is 6.20 Å². The Hall–Kier alpha value is -1.88. The third kappa shape index (κ3) is 4.29. The van der Waals surface area contributed by atoms with Gasteiger partial charge in [-0.3, -0.25) is 4.68 Å². The highest BCUT2D eigenvalue weighted by atomic mass is 19.1. The fourth-order valence-corrected chi connectivity index (χ4v) is 2.05. The predicted molar refractivity (Wildman–Crippen MR) is 80.6 cm³/mol. The van der Waals surface area contributed by atoms with E-state index < -0.39 is 0 Å². The summed E-state index contributed by atoms with van der Waals surface area (Å²) in [5, 5.41) is 4.15. The first kappa shape index (κ1) is 15.5. The summed E-state index contributed by atoms with van der Waals surface area (Å²) in [5.74, 6) is -0.0910. The second-order valence-electron chi connectivity index (χ2n) is 5.13. The van der Waals surface area contributed by atoms with Crippen LogP contribution in [0.15, 0.2) is 30.6 Å². The van der Waals surface area contributed by atoms with Gasteiger partial charge in [-0.05, 0) is 37.5 Å². The summed E-state index contributed by atoms with van der Waals surface area (Å²) in [4.78, 5) is 0. The van der Waals surface area contributed by atoms with Crippen molar-refractivity contribution in [1.29, 1.82) is 0 Å². The largest absolute Gasteiger partial charge is 0.486 e. The summed E-state index contributed by atoms with van der Waals surface area (Å²) in [6.07, 6.45) is 5.18. The van der Waals surface area contributed by atoms with E-state index in [2.05, 4.69) is 5.10 Å². The molecule has 0 aliphatic rings. The van der Waals surface area contributed by atoms with Crippen LogP contribution >= 0.6 is 0 Å². The molecule has 1 aromatic carbocycles. The summed E-state index contributed by atoms with van der Waals surface area (Å²) in [6.45, 7) is 5.15. The molecule has 0 bridgehead atoms. The zero-order valence-corrected chi connectivity index (χ0v) is 12.6. The third-order valence-corrected chi connectivity index (χ3v) is 3.42. The minimum Gasteiger partial charge on any atom is -0.486 e. The van der Waals surface area contributed by atoms with Gasteiger partial charge < -0.3 is 10.5 Å². The Kier molecular flexibility index (Phi) is 5.33. The first-order valence-electron chi connectivity index (χ1n) is 7.30. The molecule has 2 rings (SSSR count). The van der Waals surface area contributed by atoms with Gasteiger partial charge in [0, 0.05) is 24.3 Å². The number of nitrogens with two attached hydrogens (primary N) is 1. The van der Waals surface area contributed by atoms with Crippen LogP contribution in [0.5, 0.6) is 5.75 Å². The van der Waals surface area contributed by atoms with Crippen molar-refractivity contribution < 1.29 is 9.13 Å². The molecule has 1 heterocycles. The standard InChI is InChI=1S/C16H22FN3O/c1-3-14(18)7-12-5-6-16(15(17)8-12)21-11-13-9-19-20(4-2)10-13/h5-6,8-10,14H,3-4,7,11,18H2,1-2H3. The summed E-state index contributed by atoms with van der Waals surface area (Å²) in [6, 6.07) is 5.09. The molecule has 4 nitrogen and oxygen atoms in total. The Morgan fingerprint density at radius 2 is 2.14 bits per heavy atom. The summed E-state index contributed by atoms with van der Waals surface area (Å²) in [7, 11) is 0. The fraction of sp³-hybridized carbons (Fsp3) is 0.438. The van der Waals surface area contributed by atoms with Gasteiger partial charge in [-0.1, -0.05) is 13.0 Å².